The Morgan fingerprint density at radius 1 is 1.33 bits per heavy atom. The summed E-state index contributed by atoms with van der Waals surface area (Å²) in [7, 11) is 0. The van der Waals surface area contributed by atoms with Crippen LogP contribution in [0.15, 0.2) is 12.1 Å². The molecule has 2 rings (SSSR count). The molecule has 0 spiro atoms. The van der Waals surface area contributed by atoms with E-state index >= 15 is 0 Å². The highest BCUT2D eigenvalue weighted by Gasteiger charge is 2.15. The number of ether oxygens (including phenoxy) is 2. The van der Waals surface area contributed by atoms with Gasteiger partial charge >= 0.3 is 0 Å². The van der Waals surface area contributed by atoms with Crippen LogP contribution in [0.5, 0.6) is 11.5 Å². The van der Waals surface area contributed by atoms with Crippen LogP contribution in [-0.4, -0.2) is 25.1 Å². The van der Waals surface area contributed by atoms with Crippen molar-refractivity contribution in [1.82, 2.24) is 5.32 Å². The summed E-state index contributed by atoms with van der Waals surface area (Å²) in [5, 5.41) is 11.8. The Morgan fingerprint density at radius 2 is 2.07 bits per heavy atom. The van der Waals surface area contributed by atoms with Gasteiger partial charge in [0.15, 0.2) is 11.5 Å². The molecule has 82 valence electrons. The fraction of sp³-hybridized carbons (Fsp3) is 0.455. The second-order valence-corrected chi connectivity index (χ2v) is 3.53. The van der Waals surface area contributed by atoms with Crippen LogP contribution in [0.3, 0.4) is 0 Å². The number of hydrogen-bond donors (Lipinski definition) is 2. The van der Waals surface area contributed by atoms with Crippen molar-refractivity contribution in [3.63, 3.8) is 0 Å². The molecule has 15 heavy (non-hydrogen) atoms. The van der Waals surface area contributed by atoms with E-state index in [0.29, 0.717) is 13.3 Å². The highest BCUT2D eigenvalue weighted by molar-refractivity contribution is 5.48. The molecule has 0 saturated carbocycles. The van der Waals surface area contributed by atoms with Gasteiger partial charge in [0, 0.05) is 13.1 Å². The van der Waals surface area contributed by atoms with Gasteiger partial charge in [-0.2, -0.15) is 0 Å². The van der Waals surface area contributed by atoms with E-state index in [9.17, 15) is 0 Å². The van der Waals surface area contributed by atoms with E-state index in [1.54, 1.807) is 0 Å². The maximum atomic E-state index is 8.66. The molecule has 1 aromatic rings. The lowest BCUT2D eigenvalue weighted by molar-refractivity contribution is 0.174. The van der Waals surface area contributed by atoms with Crippen LogP contribution in [-0.2, 0) is 6.54 Å². The molecule has 1 aliphatic heterocycles. The van der Waals surface area contributed by atoms with E-state index in [0.717, 1.165) is 18.0 Å². The molecule has 0 unspecified atom stereocenters. The standard InChI is InChI=1S/C11H15NO3/c1-8-4-10-11(15-7-14-10)5-9(8)6-12-2-3-13/h4-5,12-13H,2-3,6-7H2,1H3. The molecular formula is C11H15NO3. The lowest BCUT2D eigenvalue weighted by Crippen LogP contribution is -2.17. The minimum atomic E-state index is 0.156. The summed E-state index contributed by atoms with van der Waals surface area (Å²) in [6.07, 6.45) is 0. The smallest absolute Gasteiger partial charge is 0.231 e. The van der Waals surface area contributed by atoms with Gasteiger partial charge in [-0.1, -0.05) is 0 Å². The van der Waals surface area contributed by atoms with Crippen LogP contribution in [0, 0.1) is 6.92 Å². The number of benzene rings is 1. The Morgan fingerprint density at radius 3 is 2.80 bits per heavy atom. The highest BCUT2D eigenvalue weighted by Crippen LogP contribution is 2.34. The minimum absolute atomic E-state index is 0.156. The first-order valence-electron chi connectivity index (χ1n) is 5.02. The number of fused-ring (bicyclic) bond motifs is 1. The van der Waals surface area contributed by atoms with Gasteiger partial charge in [-0.25, -0.2) is 0 Å². The third kappa shape index (κ3) is 2.22. The molecule has 4 heteroatoms. The maximum absolute atomic E-state index is 8.66. The Hall–Kier alpha value is -1.26. The Bertz CT molecular complexity index is 352. The molecule has 1 heterocycles. The third-order valence-electron chi connectivity index (χ3n) is 2.44. The zero-order valence-corrected chi connectivity index (χ0v) is 8.75. The van der Waals surface area contributed by atoms with Gasteiger partial charge in [0.05, 0.1) is 6.61 Å². The molecule has 0 fully saturated rings. The number of rotatable bonds is 4. The number of hydrogen-bond acceptors (Lipinski definition) is 4. The fourth-order valence-electron chi connectivity index (χ4n) is 1.58. The van der Waals surface area contributed by atoms with Crippen LogP contribution in [0.2, 0.25) is 0 Å². The molecular weight excluding hydrogens is 194 g/mol. The largest absolute Gasteiger partial charge is 0.454 e. The highest BCUT2D eigenvalue weighted by atomic mass is 16.7. The second-order valence-electron chi connectivity index (χ2n) is 3.53. The van der Waals surface area contributed by atoms with Crippen LogP contribution in [0.1, 0.15) is 11.1 Å². The number of aryl methyl sites for hydroxylation is 1. The summed E-state index contributed by atoms with van der Waals surface area (Å²) in [6.45, 7) is 3.85. The van der Waals surface area contributed by atoms with Gasteiger partial charge in [-0.15, -0.1) is 0 Å². The van der Waals surface area contributed by atoms with Crippen molar-refractivity contribution < 1.29 is 14.6 Å². The first kappa shape index (κ1) is 10.3. The molecule has 0 atom stereocenters. The molecule has 4 nitrogen and oxygen atoms in total. The molecule has 0 amide bonds. The summed E-state index contributed by atoms with van der Waals surface area (Å²) in [4.78, 5) is 0. The summed E-state index contributed by atoms with van der Waals surface area (Å²) in [5.74, 6) is 1.62. The summed E-state index contributed by atoms with van der Waals surface area (Å²) < 4.78 is 10.6. The van der Waals surface area contributed by atoms with Crippen molar-refractivity contribution >= 4 is 0 Å². The van der Waals surface area contributed by atoms with E-state index in [1.165, 1.54) is 11.1 Å². The lowest BCUT2D eigenvalue weighted by atomic mass is 10.1. The Kier molecular flexibility index (Phi) is 3.08. The summed E-state index contributed by atoms with van der Waals surface area (Å²) in [6, 6.07) is 3.97. The second kappa shape index (κ2) is 4.51. The van der Waals surface area contributed by atoms with Crippen LogP contribution in [0.4, 0.5) is 0 Å². The first-order chi connectivity index (χ1) is 7.31. The van der Waals surface area contributed by atoms with Gasteiger partial charge in [0.2, 0.25) is 6.79 Å². The molecule has 0 aromatic heterocycles. The van der Waals surface area contributed by atoms with Crippen molar-refractivity contribution in [3.05, 3.63) is 23.3 Å². The zero-order chi connectivity index (χ0) is 10.7. The molecule has 0 aliphatic carbocycles. The normalized spacial score (nSPS) is 13.2. The topological polar surface area (TPSA) is 50.7 Å². The Labute approximate surface area is 88.8 Å². The average Bonchev–Trinajstić information content (AvgIpc) is 2.65. The van der Waals surface area contributed by atoms with Gasteiger partial charge in [0.1, 0.15) is 0 Å². The summed E-state index contributed by atoms with van der Waals surface area (Å²) in [5.41, 5.74) is 2.34. The van der Waals surface area contributed by atoms with Crippen LogP contribution >= 0.6 is 0 Å². The monoisotopic (exact) mass is 209 g/mol. The average molecular weight is 209 g/mol. The van der Waals surface area contributed by atoms with Crippen molar-refractivity contribution in [1.29, 1.82) is 0 Å². The van der Waals surface area contributed by atoms with E-state index < -0.39 is 0 Å². The predicted octanol–water partition coefficient (Wildman–Crippen LogP) is 0.806. The van der Waals surface area contributed by atoms with Gasteiger partial charge < -0.3 is 19.9 Å². The van der Waals surface area contributed by atoms with Gasteiger partial charge in [0.25, 0.3) is 0 Å². The number of aliphatic hydroxyl groups excluding tert-OH is 1. The zero-order valence-electron chi connectivity index (χ0n) is 8.75. The Balaban J connectivity index is 2.10. The third-order valence-corrected chi connectivity index (χ3v) is 2.44. The van der Waals surface area contributed by atoms with Crippen LogP contribution < -0.4 is 14.8 Å². The first-order valence-corrected chi connectivity index (χ1v) is 5.02. The molecule has 2 N–H and O–H groups in total. The van der Waals surface area contributed by atoms with Crippen molar-refractivity contribution in [3.8, 4) is 11.5 Å². The number of aliphatic hydroxyl groups is 1. The van der Waals surface area contributed by atoms with Crippen molar-refractivity contribution in [2.45, 2.75) is 13.5 Å². The van der Waals surface area contributed by atoms with Gasteiger partial charge in [-0.3, -0.25) is 0 Å². The molecule has 0 bridgehead atoms. The minimum Gasteiger partial charge on any atom is -0.454 e. The molecule has 1 aromatic carbocycles. The van der Waals surface area contributed by atoms with Crippen molar-refractivity contribution in [2.24, 2.45) is 0 Å². The quantitative estimate of drug-likeness (QED) is 0.720. The predicted molar refractivity (Wildman–Crippen MR) is 56.1 cm³/mol. The van der Waals surface area contributed by atoms with E-state index in [2.05, 4.69) is 5.32 Å². The van der Waals surface area contributed by atoms with E-state index in [1.807, 2.05) is 19.1 Å². The summed E-state index contributed by atoms with van der Waals surface area (Å²) >= 11 is 0. The number of nitrogens with one attached hydrogen (secondary N) is 1. The SMILES string of the molecule is Cc1cc2c(cc1CNCCO)OCO2. The van der Waals surface area contributed by atoms with E-state index in [4.69, 9.17) is 14.6 Å². The van der Waals surface area contributed by atoms with Crippen molar-refractivity contribution in [2.75, 3.05) is 19.9 Å². The molecule has 0 saturated heterocycles. The van der Waals surface area contributed by atoms with E-state index in [-0.39, 0.29) is 6.61 Å². The van der Waals surface area contributed by atoms with Gasteiger partial charge in [-0.05, 0) is 30.2 Å². The maximum Gasteiger partial charge on any atom is 0.231 e. The molecule has 1 aliphatic rings. The van der Waals surface area contributed by atoms with Crippen LogP contribution in [0.25, 0.3) is 0 Å². The fourth-order valence-corrected chi connectivity index (χ4v) is 1.58. The lowest BCUT2D eigenvalue weighted by Gasteiger charge is -2.08. The molecule has 0 radical (unpaired) electrons.